The standard InChI is InChI=1S/C15H17ClN2OS/c1-2-4-13(14-5-3-8-20-14)18-15(19)11-9-10(17)6-7-12(11)16/h3,5-9,13H,2,4,17H2,1H3,(H,18,19). The van der Waals surface area contributed by atoms with E-state index in [0.717, 1.165) is 17.7 Å². The van der Waals surface area contributed by atoms with Gasteiger partial charge in [-0.25, -0.2) is 0 Å². The van der Waals surface area contributed by atoms with Crippen molar-refractivity contribution in [1.29, 1.82) is 0 Å². The van der Waals surface area contributed by atoms with Crippen LogP contribution in [0.3, 0.4) is 0 Å². The third-order valence-corrected chi connectivity index (χ3v) is 4.32. The second-order valence-electron chi connectivity index (χ2n) is 4.57. The van der Waals surface area contributed by atoms with Gasteiger partial charge < -0.3 is 11.1 Å². The van der Waals surface area contributed by atoms with Crippen LogP contribution in [0.25, 0.3) is 0 Å². The molecule has 0 aliphatic rings. The fraction of sp³-hybridized carbons (Fsp3) is 0.267. The zero-order valence-electron chi connectivity index (χ0n) is 11.2. The van der Waals surface area contributed by atoms with Crippen LogP contribution in [-0.2, 0) is 0 Å². The van der Waals surface area contributed by atoms with E-state index in [1.165, 1.54) is 0 Å². The Morgan fingerprint density at radius 2 is 2.25 bits per heavy atom. The summed E-state index contributed by atoms with van der Waals surface area (Å²) in [6, 6.07) is 8.97. The predicted octanol–water partition coefficient (Wildman–Crippen LogP) is 4.25. The molecule has 1 unspecified atom stereocenters. The molecule has 0 aliphatic heterocycles. The number of nitrogen functional groups attached to an aromatic ring is 1. The van der Waals surface area contributed by atoms with Gasteiger partial charge in [-0.2, -0.15) is 0 Å². The topological polar surface area (TPSA) is 55.1 Å². The molecule has 1 amide bonds. The summed E-state index contributed by atoms with van der Waals surface area (Å²) >= 11 is 7.71. The lowest BCUT2D eigenvalue weighted by atomic mass is 10.1. The Bertz CT molecular complexity index is 584. The fourth-order valence-corrected chi connectivity index (χ4v) is 3.03. The van der Waals surface area contributed by atoms with E-state index in [0.29, 0.717) is 16.3 Å². The largest absolute Gasteiger partial charge is 0.399 e. The zero-order valence-corrected chi connectivity index (χ0v) is 12.8. The second kappa shape index (κ2) is 6.77. The quantitative estimate of drug-likeness (QED) is 0.811. The lowest BCUT2D eigenvalue weighted by molar-refractivity contribution is 0.0935. The summed E-state index contributed by atoms with van der Waals surface area (Å²) in [6.45, 7) is 2.10. The number of halogens is 1. The summed E-state index contributed by atoms with van der Waals surface area (Å²) < 4.78 is 0. The molecule has 0 fully saturated rings. The first kappa shape index (κ1) is 14.9. The molecule has 0 aliphatic carbocycles. The van der Waals surface area contributed by atoms with Crippen LogP contribution >= 0.6 is 22.9 Å². The van der Waals surface area contributed by atoms with E-state index in [1.807, 2.05) is 17.5 Å². The van der Waals surface area contributed by atoms with E-state index in [-0.39, 0.29) is 11.9 Å². The van der Waals surface area contributed by atoms with E-state index in [4.69, 9.17) is 17.3 Å². The molecule has 0 radical (unpaired) electrons. The van der Waals surface area contributed by atoms with Gasteiger partial charge in [0.25, 0.3) is 5.91 Å². The molecule has 3 nitrogen and oxygen atoms in total. The van der Waals surface area contributed by atoms with Crippen LogP contribution in [0.1, 0.15) is 41.0 Å². The average Bonchev–Trinajstić information content (AvgIpc) is 2.95. The lowest BCUT2D eigenvalue weighted by Crippen LogP contribution is -2.28. The number of carbonyl (C=O) groups excluding carboxylic acids is 1. The van der Waals surface area contributed by atoms with Crippen molar-refractivity contribution in [2.75, 3.05) is 5.73 Å². The molecule has 106 valence electrons. The third-order valence-electron chi connectivity index (χ3n) is 3.00. The van der Waals surface area contributed by atoms with Crippen molar-refractivity contribution >= 4 is 34.5 Å². The molecule has 2 rings (SSSR count). The number of thiophene rings is 1. The van der Waals surface area contributed by atoms with Crippen LogP contribution < -0.4 is 11.1 Å². The molecule has 20 heavy (non-hydrogen) atoms. The van der Waals surface area contributed by atoms with Crippen molar-refractivity contribution in [3.05, 3.63) is 51.2 Å². The molecule has 0 saturated carbocycles. The van der Waals surface area contributed by atoms with Crippen molar-refractivity contribution in [3.8, 4) is 0 Å². The number of nitrogens with two attached hydrogens (primary N) is 1. The molecule has 0 saturated heterocycles. The Morgan fingerprint density at radius 1 is 1.45 bits per heavy atom. The van der Waals surface area contributed by atoms with Crippen LogP contribution in [0.4, 0.5) is 5.69 Å². The summed E-state index contributed by atoms with van der Waals surface area (Å²) in [4.78, 5) is 13.5. The van der Waals surface area contributed by atoms with E-state index >= 15 is 0 Å². The average molecular weight is 309 g/mol. The summed E-state index contributed by atoms with van der Waals surface area (Å²) in [7, 11) is 0. The fourth-order valence-electron chi connectivity index (χ4n) is 2.02. The van der Waals surface area contributed by atoms with E-state index in [1.54, 1.807) is 29.5 Å². The number of nitrogens with one attached hydrogen (secondary N) is 1. The van der Waals surface area contributed by atoms with Crippen LogP contribution in [0.5, 0.6) is 0 Å². The first-order valence-electron chi connectivity index (χ1n) is 6.51. The van der Waals surface area contributed by atoms with Crippen LogP contribution in [0, 0.1) is 0 Å². The van der Waals surface area contributed by atoms with Crippen LogP contribution in [0.15, 0.2) is 35.7 Å². The highest BCUT2D eigenvalue weighted by Crippen LogP contribution is 2.25. The van der Waals surface area contributed by atoms with E-state index < -0.39 is 0 Å². The normalized spacial score (nSPS) is 12.1. The van der Waals surface area contributed by atoms with Crippen molar-refractivity contribution in [3.63, 3.8) is 0 Å². The minimum absolute atomic E-state index is 0.0185. The first-order valence-corrected chi connectivity index (χ1v) is 7.77. The smallest absolute Gasteiger partial charge is 0.253 e. The third kappa shape index (κ3) is 3.52. The Morgan fingerprint density at radius 3 is 2.90 bits per heavy atom. The zero-order chi connectivity index (χ0) is 14.5. The molecule has 3 N–H and O–H groups in total. The summed E-state index contributed by atoms with van der Waals surface area (Å²) in [6.07, 6.45) is 1.89. The van der Waals surface area contributed by atoms with Gasteiger partial charge in [0.2, 0.25) is 0 Å². The van der Waals surface area contributed by atoms with Crippen molar-refractivity contribution in [1.82, 2.24) is 5.32 Å². The minimum Gasteiger partial charge on any atom is -0.399 e. The molecule has 5 heteroatoms. The summed E-state index contributed by atoms with van der Waals surface area (Å²) in [5.41, 5.74) is 6.66. The van der Waals surface area contributed by atoms with Gasteiger partial charge in [0.1, 0.15) is 0 Å². The van der Waals surface area contributed by atoms with E-state index in [9.17, 15) is 4.79 Å². The van der Waals surface area contributed by atoms with Gasteiger partial charge in [-0.05, 0) is 36.1 Å². The second-order valence-corrected chi connectivity index (χ2v) is 5.96. The van der Waals surface area contributed by atoms with E-state index in [2.05, 4.69) is 12.2 Å². The number of hydrogen-bond donors (Lipinski definition) is 2. The maximum atomic E-state index is 12.4. The van der Waals surface area contributed by atoms with Gasteiger partial charge in [-0.15, -0.1) is 11.3 Å². The lowest BCUT2D eigenvalue weighted by Gasteiger charge is -2.17. The van der Waals surface area contributed by atoms with Gasteiger partial charge in [0.05, 0.1) is 16.6 Å². The van der Waals surface area contributed by atoms with Gasteiger partial charge in [-0.3, -0.25) is 4.79 Å². The molecule has 1 aromatic heterocycles. The molecule has 0 spiro atoms. The Labute approximate surface area is 127 Å². The van der Waals surface area contributed by atoms with Gasteiger partial charge in [-0.1, -0.05) is 31.0 Å². The Kier molecular flexibility index (Phi) is 5.04. The van der Waals surface area contributed by atoms with Crippen molar-refractivity contribution < 1.29 is 4.79 Å². The molecular formula is C15H17ClN2OS. The maximum absolute atomic E-state index is 12.4. The SMILES string of the molecule is CCCC(NC(=O)c1cc(N)ccc1Cl)c1cccs1. The number of rotatable bonds is 5. The number of anilines is 1. The first-order chi connectivity index (χ1) is 9.61. The molecule has 2 aromatic rings. The molecule has 1 aromatic carbocycles. The Balaban J connectivity index is 2.18. The highest BCUT2D eigenvalue weighted by Gasteiger charge is 2.17. The van der Waals surface area contributed by atoms with Crippen LogP contribution in [0.2, 0.25) is 5.02 Å². The molecule has 1 atom stereocenters. The van der Waals surface area contributed by atoms with Crippen molar-refractivity contribution in [2.45, 2.75) is 25.8 Å². The highest BCUT2D eigenvalue weighted by atomic mass is 35.5. The number of hydrogen-bond acceptors (Lipinski definition) is 3. The molecular weight excluding hydrogens is 292 g/mol. The predicted molar refractivity (Wildman–Crippen MR) is 85.3 cm³/mol. The number of carbonyl (C=O) groups is 1. The number of amides is 1. The highest BCUT2D eigenvalue weighted by molar-refractivity contribution is 7.10. The number of benzene rings is 1. The van der Waals surface area contributed by atoms with Crippen molar-refractivity contribution in [2.24, 2.45) is 0 Å². The summed E-state index contributed by atoms with van der Waals surface area (Å²) in [5, 5.41) is 5.46. The molecule has 1 heterocycles. The summed E-state index contributed by atoms with van der Waals surface area (Å²) in [5.74, 6) is -0.186. The molecule has 0 bridgehead atoms. The van der Waals surface area contributed by atoms with Gasteiger partial charge in [0, 0.05) is 10.6 Å². The monoisotopic (exact) mass is 308 g/mol. The maximum Gasteiger partial charge on any atom is 0.253 e. The van der Waals surface area contributed by atoms with Gasteiger partial charge in [0.15, 0.2) is 0 Å². The van der Waals surface area contributed by atoms with Gasteiger partial charge >= 0.3 is 0 Å². The minimum atomic E-state index is -0.186. The van der Waals surface area contributed by atoms with Crippen LogP contribution in [-0.4, -0.2) is 5.91 Å². The Hall–Kier alpha value is -1.52.